The third-order valence-corrected chi connectivity index (χ3v) is 5.24. The van der Waals surface area contributed by atoms with Crippen molar-refractivity contribution in [2.45, 2.75) is 30.9 Å². The summed E-state index contributed by atoms with van der Waals surface area (Å²) >= 11 is 6.05. The second-order valence-corrected chi connectivity index (χ2v) is 7.13. The van der Waals surface area contributed by atoms with Gasteiger partial charge in [0.2, 0.25) is 0 Å². The van der Waals surface area contributed by atoms with Gasteiger partial charge in [-0.3, -0.25) is 0 Å². The number of hydrogen-bond donors (Lipinski definition) is 1. The zero-order valence-corrected chi connectivity index (χ0v) is 14.6. The van der Waals surface area contributed by atoms with Gasteiger partial charge in [0.15, 0.2) is 0 Å². The SMILES string of the molecule is O=C(NC1CC(c2cccc(Cl)c2)C1)N1CCO[C@H](c2ccco2)C1. The zero-order chi connectivity index (χ0) is 17.2. The van der Waals surface area contributed by atoms with Gasteiger partial charge >= 0.3 is 6.03 Å². The molecule has 6 heteroatoms. The van der Waals surface area contributed by atoms with Gasteiger partial charge in [0.25, 0.3) is 0 Å². The van der Waals surface area contributed by atoms with Crippen LogP contribution in [0.3, 0.4) is 0 Å². The van der Waals surface area contributed by atoms with E-state index < -0.39 is 0 Å². The van der Waals surface area contributed by atoms with Crippen LogP contribution in [0.2, 0.25) is 5.02 Å². The lowest BCUT2D eigenvalue weighted by Crippen LogP contribution is -2.52. The largest absolute Gasteiger partial charge is 0.467 e. The first kappa shape index (κ1) is 16.5. The Morgan fingerprint density at radius 2 is 2.12 bits per heavy atom. The lowest BCUT2D eigenvalue weighted by molar-refractivity contribution is -0.0267. The predicted molar refractivity (Wildman–Crippen MR) is 94.7 cm³/mol. The summed E-state index contributed by atoms with van der Waals surface area (Å²) in [5, 5.41) is 3.90. The van der Waals surface area contributed by atoms with Crippen molar-refractivity contribution in [1.29, 1.82) is 0 Å². The first-order valence-electron chi connectivity index (χ1n) is 8.65. The number of carbonyl (C=O) groups is 1. The Morgan fingerprint density at radius 1 is 1.24 bits per heavy atom. The Morgan fingerprint density at radius 3 is 2.88 bits per heavy atom. The average molecular weight is 361 g/mol. The molecule has 2 aliphatic rings. The molecule has 0 bridgehead atoms. The van der Waals surface area contributed by atoms with Crippen LogP contribution in [0.25, 0.3) is 0 Å². The van der Waals surface area contributed by atoms with Crippen LogP contribution >= 0.6 is 11.6 Å². The van der Waals surface area contributed by atoms with Gasteiger partial charge in [-0.15, -0.1) is 0 Å². The van der Waals surface area contributed by atoms with Crippen LogP contribution in [0.4, 0.5) is 4.79 Å². The number of hydrogen-bond acceptors (Lipinski definition) is 3. The molecular formula is C19H21ClN2O3. The first-order chi connectivity index (χ1) is 12.2. The summed E-state index contributed by atoms with van der Waals surface area (Å²) in [5.41, 5.74) is 1.25. The van der Waals surface area contributed by atoms with Crippen molar-refractivity contribution in [2.75, 3.05) is 19.7 Å². The summed E-state index contributed by atoms with van der Waals surface area (Å²) in [6.07, 6.45) is 3.35. The molecule has 2 amide bonds. The molecule has 132 valence electrons. The first-order valence-corrected chi connectivity index (χ1v) is 9.03. The van der Waals surface area contributed by atoms with Gasteiger partial charge in [0.1, 0.15) is 11.9 Å². The molecule has 4 rings (SSSR count). The Bertz CT molecular complexity index is 728. The van der Waals surface area contributed by atoms with Crippen molar-refractivity contribution in [1.82, 2.24) is 10.2 Å². The molecule has 1 atom stereocenters. The molecule has 1 aliphatic heterocycles. The number of urea groups is 1. The number of amides is 2. The second-order valence-electron chi connectivity index (χ2n) is 6.69. The number of benzene rings is 1. The number of carbonyl (C=O) groups excluding carboxylic acids is 1. The molecule has 2 fully saturated rings. The molecule has 1 aliphatic carbocycles. The fourth-order valence-electron chi connectivity index (χ4n) is 3.51. The fraction of sp³-hybridized carbons (Fsp3) is 0.421. The molecular weight excluding hydrogens is 340 g/mol. The monoisotopic (exact) mass is 360 g/mol. The summed E-state index contributed by atoms with van der Waals surface area (Å²) in [7, 11) is 0. The van der Waals surface area contributed by atoms with Crippen molar-refractivity contribution in [3.63, 3.8) is 0 Å². The maximum atomic E-state index is 12.5. The summed E-state index contributed by atoms with van der Waals surface area (Å²) in [5.74, 6) is 1.24. The quantitative estimate of drug-likeness (QED) is 0.901. The number of furan rings is 1. The third-order valence-electron chi connectivity index (χ3n) is 5.00. The van der Waals surface area contributed by atoms with Crippen LogP contribution in [0, 0.1) is 0 Å². The number of rotatable bonds is 3. The number of halogens is 1. The number of nitrogens with one attached hydrogen (secondary N) is 1. The molecule has 0 unspecified atom stereocenters. The molecule has 25 heavy (non-hydrogen) atoms. The van der Waals surface area contributed by atoms with Crippen molar-refractivity contribution in [3.8, 4) is 0 Å². The van der Waals surface area contributed by atoms with E-state index in [2.05, 4.69) is 11.4 Å². The zero-order valence-electron chi connectivity index (χ0n) is 13.9. The Balaban J connectivity index is 1.28. The molecule has 2 heterocycles. The Labute approximate surface area is 151 Å². The van der Waals surface area contributed by atoms with Crippen LogP contribution in [0.15, 0.2) is 47.1 Å². The highest BCUT2D eigenvalue weighted by atomic mass is 35.5. The third kappa shape index (κ3) is 3.67. The highest BCUT2D eigenvalue weighted by Crippen LogP contribution is 2.37. The van der Waals surface area contributed by atoms with Crippen LogP contribution < -0.4 is 5.32 Å². The van der Waals surface area contributed by atoms with Crippen molar-refractivity contribution in [2.24, 2.45) is 0 Å². The van der Waals surface area contributed by atoms with Crippen LogP contribution in [-0.4, -0.2) is 36.7 Å². The molecule has 2 aromatic rings. The highest BCUT2D eigenvalue weighted by molar-refractivity contribution is 6.30. The number of ether oxygens (including phenoxy) is 1. The molecule has 1 aromatic heterocycles. The van der Waals surface area contributed by atoms with E-state index in [0.717, 1.165) is 23.6 Å². The van der Waals surface area contributed by atoms with E-state index in [1.165, 1.54) is 5.56 Å². The van der Waals surface area contributed by atoms with E-state index in [1.807, 2.05) is 35.2 Å². The topological polar surface area (TPSA) is 54.7 Å². The molecule has 1 aromatic carbocycles. The minimum absolute atomic E-state index is 0.0191. The van der Waals surface area contributed by atoms with Crippen molar-refractivity contribution < 1.29 is 13.9 Å². The maximum absolute atomic E-state index is 12.5. The van der Waals surface area contributed by atoms with E-state index >= 15 is 0 Å². The van der Waals surface area contributed by atoms with Gasteiger partial charge in [0.05, 0.1) is 19.4 Å². The molecule has 0 spiro atoms. The molecule has 5 nitrogen and oxygen atoms in total. The highest BCUT2D eigenvalue weighted by Gasteiger charge is 2.34. The molecule has 0 radical (unpaired) electrons. The van der Waals surface area contributed by atoms with Crippen molar-refractivity contribution >= 4 is 17.6 Å². The summed E-state index contributed by atoms with van der Waals surface area (Å²) in [6.45, 7) is 1.64. The van der Waals surface area contributed by atoms with Crippen molar-refractivity contribution in [3.05, 3.63) is 59.0 Å². The maximum Gasteiger partial charge on any atom is 0.317 e. The Hall–Kier alpha value is -1.98. The number of nitrogens with zero attached hydrogens (tertiary/aromatic N) is 1. The smallest absolute Gasteiger partial charge is 0.317 e. The van der Waals surface area contributed by atoms with E-state index in [1.54, 1.807) is 6.26 Å². The molecule has 1 saturated heterocycles. The summed E-state index contributed by atoms with van der Waals surface area (Å²) in [4.78, 5) is 14.3. The van der Waals surface area contributed by atoms with Crippen LogP contribution in [0.1, 0.15) is 36.2 Å². The van der Waals surface area contributed by atoms with Gasteiger partial charge in [-0.05, 0) is 48.6 Å². The van der Waals surface area contributed by atoms with E-state index in [-0.39, 0.29) is 18.2 Å². The van der Waals surface area contributed by atoms with Gasteiger partial charge in [0, 0.05) is 17.6 Å². The second kappa shape index (κ2) is 7.10. The lowest BCUT2D eigenvalue weighted by Gasteiger charge is -2.39. The van der Waals surface area contributed by atoms with Crippen LogP contribution in [-0.2, 0) is 4.74 Å². The summed E-state index contributed by atoms with van der Waals surface area (Å²) < 4.78 is 11.1. The lowest BCUT2D eigenvalue weighted by atomic mass is 9.76. The molecule has 1 N–H and O–H groups in total. The summed E-state index contributed by atoms with van der Waals surface area (Å²) in [6, 6.07) is 11.9. The van der Waals surface area contributed by atoms with Gasteiger partial charge < -0.3 is 19.4 Å². The van der Waals surface area contributed by atoms with Crippen LogP contribution in [0.5, 0.6) is 0 Å². The number of morpholine rings is 1. The van der Waals surface area contributed by atoms with E-state index in [4.69, 9.17) is 20.8 Å². The predicted octanol–water partition coefficient (Wildman–Crippen LogP) is 3.96. The molecule has 1 saturated carbocycles. The van der Waals surface area contributed by atoms with Gasteiger partial charge in [-0.1, -0.05) is 23.7 Å². The average Bonchev–Trinajstić information content (AvgIpc) is 3.12. The standard InChI is InChI=1S/C19H21ClN2O3/c20-15-4-1-3-13(9-15)14-10-16(11-14)21-19(23)22-6-8-25-18(12-22)17-5-2-7-24-17/h1-5,7,9,14,16,18H,6,8,10-12H2,(H,21,23)/t14?,16?,18-/m0/s1. The van der Waals surface area contributed by atoms with Gasteiger partial charge in [-0.25, -0.2) is 4.79 Å². The normalized spacial score (nSPS) is 26.1. The minimum Gasteiger partial charge on any atom is -0.467 e. The Kier molecular flexibility index (Phi) is 4.68. The minimum atomic E-state index is -0.185. The fourth-order valence-corrected chi connectivity index (χ4v) is 3.71. The van der Waals surface area contributed by atoms with Gasteiger partial charge in [-0.2, -0.15) is 0 Å². The van der Waals surface area contributed by atoms with E-state index in [9.17, 15) is 4.79 Å². The van der Waals surface area contributed by atoms with E-state index in [0.29, 0.717) is 25.6 Å².